The van der Waals surface area contributed by atoms with Gasteiger partial charge in [0.15, 0.2) is 0 Å². The van der Waals surface area contributed by atoms with Crippen LogP contribution in [0.1, 0.15) is 29.7 Å². The molecule has 7 heteroatoms. The first-order chi connectivity index (χ1) is 11.7. The molecule has 0 saturated carbocycles. The van der Waals surface area contributed by atoms with Crippen LogP contribution < -0.4 is 15.2 Å². The lowest BCUT2D eigenvalue weighted by Gasteiger charge is -2.15. The fourth-order valence-corrected chi connectivity index (χ4v) is 3.07. The molecule has 1 amide bonds. The van der Waals surface area contributed by atoms with Gasteiger partial charge in [-0.1, -0.05) is 24.3 Å². The summed E-state index contributed by atoms with van der Waals surface area (Å²) in [6.45, 7) is 3.72. The van der Waals surface area contributed by atoms with E-state index in [9.17, 15) is 13.2 Å². The summed E-state index contributed by atoms with van der Waals surface area (Å²) >= 11 is 0. The smallest absolute Gasteiger partial charge is 0.238 e. The van der Waals surface area contributed by atoms with Gasteiger partial charge in [-0.25, -0.2) is 13.6 Å². The second kappa shape index (κ2) is 7.67. The molecule has 0 spiro atoms. The van der Waals surface area contributed by atoms with Crippen LogP contribution in [0.2, 0.25) is 0 Å². The van der Waals surface area contributed by atoms with Crippen molar-refractivity contribution in [3.05, 3.63) is 59.2 Å². The summed E-state index contributed by atoms with van der Waals surface area (Å²) < 4.78 is 28.1. The lowest BCUT2D eigenvalue weighted by Crippen LogP contribution is -2.28. The zero-order chi connectivity index (χ0) is 18.6. The van der Waals surface area contributed by atoms with Gasteiger partial charge in [-0.3, -0.25) is 4.79 Å². The Labute approximate surface area is 148 Å². The average Bonchev–Trinajstić information content (AvgIpc) is 2.55. The topological polar surface area (TPSA) is 98.5 Å². The largest absolute Gasteiger partial charge is 0.496 e. The van der Waals surface area contributed by atoms with Crippen molar-refractivity contribution in [2.45, 2.75) is 31.2 Å². The zero-order valence-electron chi connectivity index (χ0n) is 14.4. The standard InChI is InChI=1S/C18H22N2O4S/c1-12-7-8-14(9-17(12)24-3)10-18(21)20-13(2)15-5-4-6-16(11-15)25(19,22)23/h4-9,11,13H,10H2,1-3H3,(H,20,21)(H2,19,22,23)/t13-/m1/s1. The number of primary sulfonamides is 1. The van der Waals surface area contributed by atoms with E-state index in [1.54, 1.807) is 26.2 Å². The van der Waals surface area contributed by atoms with E-state index in [1.807, 2.05) is 25.1 Å². The molecule has 25 heavy (non-hydrogen) atoms. The average molecular weight is 362 g/mol. The SMILES string of the molecule is COc1cc(CC(=O)N[C@H](C)c2cccc(S(N)(=O)=O)c2)ccc1C. The molecule has 2 rings (SSSR count). The monoisotopic (exact) mass is 362 g/mol. The third-order valence-corrected chi connectivity index (χ3v) is 4.81. The van der Waals surface area contributed by atoms with Crippen molar-refractivity contribution in [3.8, 4) is 5.75 Å². The van der Waals surface area contributed by atoms with Gasteiger partial charge in [0.25, 0.3) is 0 Å². The number of hydrogen-bond acceptors (Lipinski definition) is 4. The Balaban J connectivity index is 2.08. The number of nitrogens with one attached hydrogen (secondary N) is 1. The lowest BCUT2D eigenvalue weighted by molar-refractivity contribution is -0.121. The summed E-state index contributed by atoms with van der Waals surface area (Å²) in [6, 6.07) is 11.5. The summed E-state index contributed by atoms with van der Waals surface area (Å²) in [4.78, 5) is 12.3. The minimum absolute atomic E-state index is 0.0226. The van der Waals surface area contributed by atoms with Crippen molar-refractivity contribution in [1.82, 2.24) is 5.32 Å². The number of rotatable bonds is 6. The molecule has 0 aliphatic carbocycles. The summed E-state index contributed by atoms with van der Waals surface area (Å²) in [5, 5.41) is 8.00. The Morgan fingerprint density at radius 2 is 1.96 bits per heavy atom. The molecule has 2 aromatic carbocycles. The van der Waals surface area contributed by atoms with Gasteiger partial charge in [0.1, 0.15) is 5.75 Å². The second-order valence-corrected chi connectivity index (χ2v) is 7.45. The molecule has 3 N–H and O–H groups in total. The molecule has 134 valence electrons. The lowest BCUT2D eigenvalue weighted by atomic mass is 10.1. The number of amides is 1. The first kappa shape index (κ1) is 19.0. The first-order valence-corrected chi connectivity index (χ1v) is 9.31. The van der Waals surface area contributed by atoms with E-state index in [-0.39, 0.29) is 23.3 Å². The molecule has 0 saturated heterocycles. The fraction of sp³-hybridized carbons (Fsp3) is 0.278. The molecule has 0 radical (unpaired) electrons. The third kappa shape index (κ3) is 5.04. The molecular formula is C18H22N2O4S. The summed E-state index contributed by atoms with van der Waals surface area (Å²) in [7, 11) is -2.18. The van der Waals surface area contributed by atoms with Gasteiger partial charge in [-0.05, 0) is 48.7 Å². The van der Waals surface area contributed by atoms with Crippen LogP contribution in [0.4, 0.5) is 0 Å². The van der Waals surface area contributed by atoms with Gasteiger partial charge in [0, 0.05) is 0 Å². The van der Waals surface area contributed by atoms with Crippen LogP contribution in [0.5, 0.6) is 5.75 Å². The quantitative estimate of drug-likeness (QED) is 0.822. The van der Waals surface area contributed by atoms with E-state index in [0.29, 0.717) is 5.56 Å². The Morgan fingerprint density at radius 1 is 1.24 bits per heavy atom. The maximum absolute atomic E-state index is 12.3. The number of ether oxygens (including phenoxy) is 1. The summed E-state index contributed by atoms with van der Waals surface area (Å²) in [5.74, 6) is 0.568. The van der Waals surface area contributed by atoms with Crippen molar-refractivity contribution < 1.29 is 17.9 Å². The number of carbonyl (C=O) groups excluding carboxylic acids is 1. The van der Waals surface area contributed by atoms with Crippen LogP contribution in [0, 0.1) is 6.92 Å². The molecule has 0 aliphatic heterocycles. The molecule has 0 bridgehead atoms. The Kier molecular flexibility index (Phi) is 5.81. The van der Waals surface area contributed by atoms with Crippen molar-refractivity contribution in [3.63, 3.8) is 0 Å². The highest BCUT2D eigenvalue weighted by Gasteiger charge is 2.14. The third-order valence-electron chi connectivity index (χ3n) is 3.90. The Bertz CT molecular complexity index is 878. The molecule has 0 fully saturated rings. The Hall–Kier alpha value is -2.38. The van der Waals surface area contributed by atoms with Crippen molar-refractivity contribution >= 4 is 15.9 Å². The van der Waals surface area contributed by atoms with Crippen LogP contribution in [0.15, 0.2) is 47.4 Å². The van der Waals surface area contributed by atoms with Crippen LogP contribution in [-0.4, -0.2) is 21.4 Å². The molecule has 0 aliphatic rings. The van der Waals surface area contributed by atoms with Crippen LogP contribution in [-0.2, 0) is 21.2 Å². The molecule has 1 atom stereocenters. The second-order valence-electron chi connectivity index (χ2n) is 5.89. The van der Waals surface area contributed by atoms with E-state index in [1.165, 1.54) is 12.1 Å². The molecule has 0 heterocycles. The molecule has 0 unspecified atom stereocenters. The minimum atomic E-state index is -3.77. The highest BCUT2D eigenvalue weighted by molar-refractivity contribution is 7.89. The first-order valence-electron chi connectivity index (χ1n) is 7.76. The van der Waals surface area contributed by atoms with E-state index in [2.05, 4.69) is 5.32 Å². The number of methoxy groups -OCH3 is 1. The number of hydrogen-bond donors (Lipinski definition) is 2. The van der Waals surface area contributed by atoms with Crippen LogP contribution >= 0.6 is 0 Å². The van der Waals surface area contributed by atoms with Gasteiger partial charge in [-0.2, -0.15) is 0 Å². The van der Waals surface area contributed by atoms with Gasteiger partial charge in [-0.15, -0.1) is 0 Å². The van der Waals surface area contributed by atoms with E-state index >= 15 is 0 Å². The van der Waals surface area contributed by atoms with Gasteiger partial charge < -0.3 is 10.1 Å². The maximum atomic E-state index is 12.3. The highest BCUT2D eigenvalue weighted by Crippen LogP contribution is 2.20. The number of carbonyl (C=O) groups is 1. The van der Waals surface area contributed by atoms with Crippen molar-refractivity contribution in [2.75, 3.05) is 7.11 Å². The van der Waals surface area contributed by atoms with Crippen LogP contribution in [0.3, 0.4) is 0 Å². The van der Waals surface area contributed by atoms with E-state index < -0.39 is 10.0 Å². The van der Waals surface area contributed by atoms with Gasteiger partial charge >= 0.3 is 0 Å². The van der Waals surface area contributed by atoms with Gasteiger partial charge in [0.2, 0.25) is 15.9 Å². The van der Waals surface area contributed by atoms with Gasteiger partial charge in [0.05, 0.1) is 24.5 Å². The fourth-order valence-electron chi connectivity index (χ4n) is 2.50. The minimum Gasteiger partial charge on any atom is -0.496 e. The van der Waals surface area contributed by atoms with Crippen molar-refractivity contribution in [2.24, 2.45) is 5.14 Å². The predicted molar refractivity (Wildman–Crippen MR) is 95.8 cm³/mol. The van der Waals surface area contributed by atoms with E-state index in [0.717, 1.165) is 16.9 Å². The van der Waals surface area contributed by atoms with Crippen molar-refractivity contribution in [1.29, 1.82) is 0 Å². The number of aryl methyl sites for hydroxylation is 1. The maximum Gasteiger partial charge on any atom is 0.238 e. The van der Waals surface area contributed by atoms with Crippen LogP contribution in [0.25, 0.3) is 0 Å². The number of sulfonamides is 1. The molecule has 2 aromatic rings. The zero-order valence-corrected chi connectivity index (χ0v) is 15.3. The Morgan fingerprint density at radius 3 is 2.60 bits per heavy atom. The molecular weight excluding hydrogens is 340 g/mol. The number of nitrogens with two attached hydrogens (primary N) is 1. The molecule has 6 nitrogen and oxygen atoms in total. The highest BCUT2D eigenvalue weighted by atomic mass is 32.2. The number of benzene rings is 2. The van der Waals surface area contributed by atoms with E-state index in [4.69, 9.17) is 9.88 Å². The summed E-state index contributed by atoms with van der Waals surface area (Å²) in [6.07, 6.45) is 0.204. The normalized spacial score (nSPS) is 12.5. The molecule has 0 aromatic heterocycles. The predicted octanol–water partition coefficient (Wildman–Crippen LogP) is 2.07. The summed E-state index contributed by atoms with van der Waals surface area (Å²) in [5.41, 5.74) is 2.51.